The zero-order valence-corrected chi connectivity index (χ0v) is 13.8. The molecule has 1 atom stereocenters. The summed E-state index contributed by atoms with van der Waals surface area (Å²) in [4.78, 5) is 1.41. The molecule has 0 aliphatic carbocycles. The van der Waals surface area contributed by atoms with Crippen LogP contribution in [0.2, 0.25) is 0 Å². The fraction of sp³-hybridized carbons (Fsp3) is 0.231. The van der Waals surface area contributed by atoms with Crippen LogP contribution in [0.3, 0.4) is 0 Å². The third-order valence-corrected chi connectivity index (χ3v) is 5.05. The second kappa shape index (κ2) is 6.31. The van der Waals surface area contributed by atoms with E-state index in [1.54, 1.807) is 11.3 Å². The minimum atomic E-state index is 0.113. The summed E-state index contributed by atoms with van der Waals surface area (Å²) in [5.41, 5.74) is 7.49. The monoisotopic (exact) mass is 421 g/mol. The van der Waals surface area contributed by atoms with Gasteiger partial charge in [0.15, 0.2) is 0 Å². The highest BCUT2D eigenvalue weighted by molar-refractivity contribution is 14.1. The van der Waals surface area contributed by atoms with Gasteiger partial charge >= 0.3 is 0 Å². The lowest BCUT2D eigenvalue weighted by atomic mass is 10.0. The quantitative estimate of drug-likeness (QED) is 0.708. The van der Waals surface area contributed by atoms with E-state index in [2.05, 4.69) is 74.2 Å². The lowest BCUT2D eigenvalue weighted by molar-refractivity contribution is 0.652. The molecule has 0 saturated carbocycles. The molecule has 1 aromatic carbocycles. The Morgan fingerprint density at radius 2 is 2.18 bits per heavy atom. The van der Waals surface area contributed by atoms with Crippen molar-refractivity contribution in [3.05, 3.63) is 54.2 Å². The molecule has 2 aromatic rings. The molecule has 0 amide bonds. The molecule has 0 radical (unpaired) electrons. The molecular weight excluding hydrogens is 409 g/mol. The number of nitrogens with two attached hydrogens (primary N) is 1. The first kappa shape index (κ1) is 13.5. The number of hydrogen-bond acceptors (Lipinski definition) is 2. The van der Waals surface area contributed by atoms with Crippen molar-refractivity contribution < 1.29 is 0 Å². The van der Waals surface area contributed by atoms with Gasteiger partial charge in [0, 0.05) is 19.0 Å². The van der Waals surface area contributed by atoms with Crippen LogP contribution in [0.4, 0.5) is 0 Å². The maximum absolute atomic E-state index is 6.26. The third kappa shape index (κ3) is 3.77. The van der Waals surface area contributed by atoms with Gasteiger partial charge in [-0.1, -0.05) is 22.0 Å². The van der Waals surface area contributed by atoms with Crippen molar-refractivity contribution in [1.29, 1.82) is 0 Å². The van der Waals surface area contributed by atoms with Gasteiger partial charge in [-0.15, -0.1) is 11.3 Å². The summed E-state index contributed by atoms with van der Waals surface area (Å²) in [5.74, 6) is 0. The fourth-order valence-corrected chi connectivity index (χ4v) is 3.55. The van der Waals surface area contributed by atoms with E-state index in [9.17, 15) is 0 Å². The van der Waals surface area contributed by atoms with Gasteiger partial charge in [0.25, 0.3) is 0 Å². The number of aryl methyl sites for hydroxylation is 1. The Balaban J connectivity index is 2.04. The Labute approximate surface area is 128 Å². The zero-order chi connectivity index (χ0) is 12.3. The Kier molecular flexibility index (Phi) is 5.02. The first-order chi connectivity index (χ1) is 8.16. The van der Waals surface area contributed by atoms with Crippen molar-refractivity contribution in [2.24, 2.45) is 5.73 Å². The van der Waals surface area contributed by atoms with E-state index in [0.29, 0.717) is 0 Å². The van der Waals surface area contributed by atoms with Crippen molar-refractivity contribution in [2.45, 2.75) is 18.9 Å². The van der Waals surface area contributed by atoms with E-state index in [1.807, 2.05) is 0 Å². The average molecular weight is 422 g/mol. The number of halogens is 2. The predicted octanol–water partition coefficient (Wildman–Crippen LogP) is 4.75. The van der Waals surface area contributed by atoms with E-state index in [0.717, 1.165) is 17.3 Å². The zero-order valence-electron chi connectivity index (χ0n) is 9.20. The van der Waals surface area contributed by atoms with Gasteiger partial charge in [-0.05, 0) is 70.6 Å². The Morgan fingerprint density at radius 1 is 1.35 bits per heavy atom. The van der Waals surface area contributed by atoms with Gasteiger partial charge in [-0.25, -0.2) is 0 Å². The van der Waals surface area contributed by atoms with E-state index >= 15 is 0 Å². The van der Waals surface area contributed by atoms with Crippen LogP contribution in [-0.2, 0) is 6.42 Å². The largest absolute Gasteiger partial charge is 0.324 e. The minimum absolute atomic E-state index is 0.113. The van der Waals surface area contributed by atoms with Crippen LogP contribution < -0.4 is 5.73 Å². The molecule has 0 aliphatic rings. The molecule has 2 rings (SSSR count). The van der Waals surface area contributed by atoms with Crippen molar-refractivity contribution in [3.63, 3.8) is 0 Å². The van der Waals surface area contributed by atoms with Crippen LogP contribution in [0.1, 0.15) is 22.9 Å². The van der Waals surface area contributed by atoms with Crippen LogP contribution >= 0.6 is 49.9 Å². The molecule has 0 fully saturated rings. The molecule has 17 heavy (non-hydrogen) atoms. The highest BCUT2D eigenvalue weighted by Gasteiger charge is 2.10. The SMILES string of the molecule is NC(CCc1cccs1)c1cc(Br)ccc1I. The lowest BCUT2D eigenvalue weighted by Gasteiger charge is -2.13. The number of thiophene rings is 1. The summed E-state index contributed by atoms with van der Waals surface area (Å²) in [5, 5.41) is 2.11. The summed E-state index contributed by atoms with van der Waals surface area (Å²) in [6, 6.07) is 10.7. The van der Waals surface area contributed by atoms with Gasteiger partial charge in [-0.3, -0.25) is 0 Å². The van der Waals surface area contributed by atoms with Gasteiger partial charge in [0.1, 0.15) is 0 Å². The number of rotatable bonds is 4. The molecule has 90 valence electrons. The van der Waals surface area contributed by atoms with Crippen LogP contribution in [0.5, 0.6) is 0 Å². The van der Waals surface area contributed by atoms with Crippen molar-refractivity contribution in [2.75, 3.05) is 0 Å². The molecule has 0 aliphatic heterocycles. The van der Waals surface area contributed by atoms with Gasteiger partial charge in [0.05, 0.1) is 0 Å². The summed E-state index contributed by atoms with van der Waals surface area (Å²) >= 11 is 7.65. The molecule has 1 nitrogen and oxygen atoms in total. The molecule has 0 saturated heterocycles. The van der Waals surface area contributed by atoms with E-state index in [4.69, 9.17) is 5.73 Å². The molecule has 0 spiro atoms. The first-order valence-electron chi connectivity index (χ1n) is 5.39. The second-order valence-electron chi connectivity index (χ2n) is 3.89. The molecule has 1 aromatic heterocycles. The second-order valence-corrected chi connectivity index (χ2v) is 7.00. The highest BCUT2D eigenvalue weighted by Crippen LogP contribution is 2.26. The van der Waals surface area contributed by atoms with Crippen molar-refractivity contribution in [3.8, 4) is 0 Å². The van der Waals surface area contributed by atoms with Crippen molar-refractivity contribution >= 4 is 49.9 Å². The molecule has 4 heteroatoms. The number of hydrogen-bond donors (Lipinski definition) is 1. The Hall–Kier alpha value is 0.0900. The third-order valence-electron chi connectivity index (χ3n) is 2.64. The number of benzene rings is 1. The first-order valence-corrected chi connectivity index (χ1v) is 8.15. The normalized spacial score (nSPS) is 12.6. The van der Waals surface area contributed by atoms with Crippen LogP contribution in [0, 0.1) is 3.57 Å². The minimum Gasteiger partial charge on any atom is -0.324 e. The van der Waals surface area contributed by atoms with E-state index < -0.39 is 0 Å². The predicted molar refractivity (Wildman–Crippen MR) is 86.4 cm³/mol. The van der Waals surface area contributed by atoms with Crippen molar-refractivity contribution in [1.82, 2.24) is 0 Å². The van der Waals surface area contributed by atoms with E-state index in [1.165, 1.54) is 14.0 Å². The topological polar surface area (TPSA) is 26.0 Å². The highest BCUT2D eigenvalue weighted by atomic mass is 127. The van der Waals surface area contributed by atoms with Crippen LogP contribution in [0.15, 0.2) is 40.2 Å². The maximum atomic E-state index is 6.26. The van der Waals surface area contributed by atoms with Gasteiger partial charge in [0.2, 0.25) is 0 Å². The Morgan fingerprint density at radius 3 is 2.88 bits per heavy atom. The average Bonchev–Trinajstić information content (AvgIpc) is 2.82. The molecular formula is C13H13BrINS. The van der Waals surface area contributed by atoms with Crippen LogP contribution in [0.25, 0.3) is 0 Å². The summed E-state index contributed by atoms with van der Waals surface area (Å²) in [7, 11) is 0. The molecule has 2 N–H and O–H groups in total. The van der Waals surface area contributed by atoms with Gasteiger partial charge in [-0.2, -0.15) is 0 Å². The molecule has 1 heterocycles. The van der Waals surface area contributed by atoms with E-state index in [-0.39, 0.29) is 6.04 Å². The smallest absolute Gasteiger partial charge is 0.0309 e. The fourth-order valence-electron chi connectivity index (χ4n) is 1.71. The summed E-state index contributed by atoms with van der Waals surface area (Å²) < 4.78 is 2.34. The maximum Gasteiger partial charge on any atom is 0.0309 e. The standard InChI is InChI=1S/C13H13BrINS/c14-9-3-5-12(15)11(8-9)13(16)6-4-10-2-1-7-17-10/h1-3,5,7-8,13H,4,6,16H2. The molecule has 1 unspecified atom stereocenters. The summed E-state index contributed by atoms with van der Waals surface area (Å²) in [6.07, 6.45) is 2.05. The lowest BCUT2D eigenvalue weighted by Crippen LogP contribution is -2.12. The molecule has 0 bridgehead atoms. The Bertz CT molecular complexity index is 484. The van der Waals surface area contributed by atoms with Gasteiger partial charge < -0.3 is 5.73 Å². The summed E-state index contributed by atoms with van der Waals surface area (Å²) in [6.45, 7) is 0. The van der Waals surface area contributed by atoms with Crippen LogP contribution in [-0.4, -0.2) is 0 Å².